The molecular weight excluding hydrogens is 236 g/mol. The zero-order chi connectivity index (χ0) is 14.4. The minimum atomic E-state index is 0.100. The Hall–Kier alpha value is -1.35. The van der Waals surface area contributed by atoms with Gasteiger partial charge in [0.15, 0.2) is 0 Å². The Morgan fingerprint density at radius 2 is 1.89 bits per heavy atom. The lowest BCUT2D eigenvalue weighted by atomic mass is 10.0. The zero-order valence-electron chi connectivity index (χ0n) is 12.5. The molecule has 0 saturated carbocycles. The maximum atomic E-state index is 12.2. The summed E-state index contributed by atoms with van der Waals surface area (Å²) in [7, 11) is 1.87. The predicted octanol–water partition coefficient (Wildman–Crippen LogP) is 2.89. The molecule has 0 aliphatic rings. The monoisotopic (exact) mass is 262 g/mol. The van der Waals surface area contributed by atoms with Crippen LogP contribution in [0.2, 0.25) is 0 Å². The van der Waals surface area contributed by atoms with E-state index in [1.54, 1.807) is 0 Å². The van der Waals surface area contributed by atoms with Crippen LogP contribution >= 0.6 is 0 Å². The lowest BCUT2D eigenvalue weighted by molar-refractivity contribution is -0.132. The summed E-state index contributed by atoms with van der Waals surface area (Å²) < 4.78 is 0. The van der Waals surface area contributed by atoms with Gasteiger partial charge in [0.25, 0.3) is 0 Å². The van der Waals surface area contributed by atoms with Gasteiger partial charge in [-0.2, -0.15) is 0 Å². The van der Waals surface area contributed by atoms with Crippen LogP contribution in [-0.4, -0.2) is 24.4 Å². The minimum Gasteiger partial charge on any atom is -0.339 e. The van der Waals surface area contributed by atoms with E-state index >= 15 is 0 Å². The van der Waals surface area contributed by atoms with Gasteiger partial charge in [-0.05, 0) is 31.9 Å². The number of hydrogen-bond acceptors (Lipinski definition) is 2. The van der Waals surface area contributed by atoms with Gasteiger partial charge in [-0.3, -0.25) is 4.79 Å². The zero-order valence-corrected chi connectivity index (χ0v) is 12.5. The Morgan fingerprint density at radius 3 is 2.37 bits per heavy atom. The first-order valence-corrected chi connectivity index (χ1v) is 7.01. The molecule has 1 amide bonds. The van der Waals surface area contributed by atoms with Gasteiger partial charge < -0.3 is 10.6 Å². The fourth-order valence-corrected chi connectivity index (χ4v) is 2.07. The molecule has 0 aromatic heterocycles. The van der Waals surface area contributed by atoms with Gasteiger partial charge in [-0.1, -0.05) is 43.2 Å². The summed E-state index contributed by atoms with van der Waals surface area (Å²) >= 11 is 0. The molecule has 19 heavy (non-hydrogen) atoms. The van der Waals surface area contributed by atoms with Crippen molar-refractivity contribution in [2.24, 2.45) is 11.7 Å². The average Bonchev–Trinajstić information content (AvgIpc) is 2.43. The number of rotatable bonds is 6. The Morgan fingerprint density at radius 1 is 1.32 bits per heavy atom. The second-order valence-corrected chi connectivity index (χ2v) is 5.31. The van der Waals surface area contributed by atoms with Crippen molar-refractivity contribution in [3.63, 3.8) is 0 Å². The number of carbonyl (C=O) groups is 1. The van der Waals surface area contributed by atoms with Gasteiger partial charge in [-0.25, -0.2) is 0 Å². The van der Waals surface area contributed by atoms with Crippen molar-refractivity contribution in [3.05, 3.63) is 35.4 Å². The van der Waals surface area contributed by atoms with Gasteiger partial charge >= 0.3 is 0 Å². The van der Waals surface area contributed by atoms with Gasteiger partial charge in [0.1, 0.15) is 0 Å². The van der Waals surface area contributed by atoms with Crippen molar-refractivity contribution in [1.82, 2.24) is 4.90 Å². The molecule has 1 rings (SSSR count). The molecule has 1 aromatic carbocycles. The number of aryl methyl sites for hydroxylation is 1. The summed E-state index contributed by atoms with van der Waals surface area (Å²) in [6, 6.07) is 8.44. The molecule has 3 heteroatoms. The second-order valence-electron chi connectivity index (χ2n) is 5.31. The van der Waals surface area contributed by atoms with Crippen LogP contribution in [-0.2, 0) is 4.79 Å². The lowest BCUT2D eigenvalue weighted by Crippen LogP contribution is -2.32. The number of amides is 1. The van der Waals surface area contributed by atoms with E-state index in [9.17, 15) is 4.79 Å². The van der Waals surface area contributed by atoms with Gasteiger partial charge in [0.2, 0.25) is 5.91 Å². The highest BCUT2D eigenvalue weighted by Crippen LogP contribution is 2.21. The van der Waals surface area contributed by atoms with Gasteiger partial charge in [0, 0.05) is 13.5 Å². The van der Waals surface area contributed by atoms with E-state index in [0.717, 1.165) is 6.42 Å². The summed E-state index contributed by atoms with van der Waals surface area (Å²) in [4.78, 5) is 14.0. The largest absolute Gasteiger partial charge is 0.339 e. The van der Waals surface area contributed by atoms with E-state index in [1.165, 1.54) is 11.1 Å². The van der Waals surface area contributed by atoms with Gasteiger partial charge in [0.05, 0.1) is 6.04 Å². The smallest absolute Gasteiger partial charge is 0.223 e. The summed E-state index contributed by atoms with van der Waals surface area (Å²) in [6.07, 6.45) is 1.49. The molecule has 0 spiro atoms. The molecule has 1 aromatic rings. The normalized spacial score (nSPS) is 13.9. The summed E-state index contributed by atoms with van der Waals surface area (Å²) in [5.74, 6) is 0.463. The van der Waals surface area contributed by atoms with Crippen molar-refractivity contribution in [2.75, 3.05) is 13.6 Å². The molecule has 0 bridgehead atoms. The van der Waals surface area contributed by atoms with E-state index in [2.05, 4.69) is 45.0 Å². The van der Waals surface area contributed by atoms with Crippen molar-refractivity contribution in [2.45, 2.75) is 39.7 Å². The summed E-state index contributed by atoms with van der Waals surface area (Å²) in [6.45, 7) is 6.78. The number of carbonyl (C=O) groups excluding carboxylic acids is 1. The molecule has 2 atom stereocenters. The van der Waals surface area contributed by atoms with E-state index < -0.39 is 0 Å². The Kier molecular flexibility index (Phi) is 6.03. The third-order valence-corrected chi connectivity index (χ3v) is 3.91. The van der Waals surface area contributed by atoms with Crippen LogP contribution in [0.25, 0.3) is 0 Å². The highest BCUT2D eigenvalue weighted by molar-refractivity contribution is 5.76. The molecule has 0 heterocycles. The molecule has 0 aliphatic carbocycles. The minimum absolute atomic E-state index is 0.100. The maximum absolute atomic E-state index is 12.2. The van der Waals surface area contributed by atoms with Crippen molar-refractivity contribution in [1.29, 1.82) is 0 Å². The van der Waals surface area contributed by atoms with E-state index in [1.807, 2.05) is 11.9 Å². The molecule has 3 nitrogen and oxygen atoms in total. The van der Waals surface area contributed by atoms with Crippen LogP contribution in [0.4, 0.5) is 0 Å². The molecule has 0 saturated heterocycles. The highest BCUT2D eigenvalue weighted by atomic mass is 16.2. The van der Waals surface area contributed by atoms with Crippen LogP contribution in [0, 0.1) is 12.8 Å². The maximum Gasteiger partial charge on any atom is 0.223 e. The molecule has 2 unspecified atom stereocenters. The second kappa shape index (κ2) is 7.29. The molecule has 106 valence electrons. The molecule has 0 radical (unpaired) electrons. The number of nitrogens with zero attached hydrogens (tertiary/aromatic N) is 1. The Balaban J connectivity index is 2.68. The van der Waals surface area contributed by atoms with Crippen LogP contribution < -0.4 is 5.73 Å². The Bertz CT molecular complexity index is 396. The quantitative estimate of drug-likeness (QED) is 0.857. The molecular formula is C16H26N2O. The van der Waals surface area contributed by atoms with E-state index in [-0.39, 0.29) is 11.9 Å². The number of benzene rings is 1. The fraction of sp³-hybridized carbons (Fsp3) is 0.562. The fourth-order valence-electron chi connectivity index (χ4n) is 2.07. The summed E-state index contributed by atoms with van der Waals surface area (Å²) in [5.41, 5.74) is 8.07. The summed E-state index contributed by atoms with van der Waals surface area (Å²) in [5, 5.41) is 0. The topological polar surface area (TPSA) is 46.3 Å². The molecule has 0 fully saturated rings. The first-order valence-electron chi connectivity index (χ1n) is 7.01. The molecule has 0 aliphatic heterocycles. The van der Waals surface area contributed by atoms with E-state index in [4.69, 9.17) is 5.73 Å². The van der Waals surface area contributed by atoms with Crippen LogP contribution in [0.3, 0.4) is 0 Å². The number of nitrogens with two attached hydrogens (primary N) is 1. The SMILES string of the molecule is CCC(CN)CC(=O)N(C)C(C)c1ccc(C)cc1. The average molecular weight is 262 g/mol. The van der Waals surface area contributed by atoms with Crippen LogP contribution in [0.1, 0.15) is 43.9 Å². The Labute approximate surface area is 116 Å². The van der Waals surface area contributed by atoms with Crippen molar-refractivity contribution in [3.8, 4) is 0 Å². The van der Waals surface area contributed by atoms with Crippen LogP contribution in [0.5, 0.6) is 0 Å². The lowest BCUT2D eigenvalue weighted by Gasteiger charge is -2.27. The van der Waals surface area contributed by atoms with Gasteiger partial charge in [-0.15, -0.1) is 0 Å². The first kappa shape index (κ1) is 15.7. The van der Waals surface area contributed by atoms with Crippen LogP contribution in [0.15, 0.2) is 24.3 Å². The standard InChI is InChI=1S/C16H26N2O/c1-5-14(11-17)10-16(19)18(4)13(3)15-8-6-12(2)7-9-15/h6-9,13-14H,5,10-11,17H2,1-4H3. The highest BCUT2D eigenvalue weighted by Gasteiger charge is 2.19. The third kappa shape index (κ3) is 4.35. The number of hydrogen-bond donors (Lipinski definition) is 1. The first-order chi connectivity index (χ1) is 8.99. The predicted molar refractivity (Wildman–Crippen MR) is 79.8 cm³/mol. The van der Waals surface area contributed by atoms with Crippen molar-refractivity contribution >= 4 is 5.91 Å². The molecule has 2 N–H and O–H groups in total. The van der Waals surface area contributed by atoms with Crippen molar-refractivity contribution < 1.29 is 4.79 Å². The van der Waals surface area contributed by atoms with E-state index in [0.29, 0.717) is 18.9 Å². The third-order valence-electron chi connectivity index (χ3n) is 3.91.